The van der Waals surface area contributed by atoms with Gasteiger partial charge in [-0.1, -0.05) is 36.4 Å². The minimum atomic E-state index is -0.732. The number of non-ortho nitro benzene ring substituents is 1. The highest BCUT2D eigenvalue weighted by molar-refractivity contribution is 6.15. The number of benzene rings is 3. The van der Waals surface area contributed by atoms with Crippen molar-refractivity contribution in [2.24, 2.45) is 0 Å². The summed E-state index contributed by atoms with van der Waals surface area (Å²) in [5.74, 6) is 0.301. The Kier molecular flexibility index (Phi) is 6.63. The molecule has 3 aromatic carbocycles. The molecule has 0 fully saturated rings. The lowest BCUT2D eigenvalue weighted by Gasteiger charge is -2.09. The Morgan fingerprint density at radius 1 is 0.900 bits per heavy atom. The first-order valence-electron chi connectivity index (χ1n) is 8.76. The third-order valence-electron chi connectivity index (χ3n) is 3.84. The van der Waals surface area contributed by atoms with Crippen LogP contribution in [0, 0.1) is 10.1 Å². The molecule has 3 rings (SSSR count). The van der Waals surface area contributed by atoms with Gasteiger partial charge in [-0.15, -0.1) is 0 Å². The summed E-state index contributed by atoms with van der Waals surface area (Å²) >= 11 is 0. The van der Waals surface area contributed by atoms with Crippen molar-refractivity contribution in [1.29, 1.82) is 0 Å². The predicted molar refractivity (Wildman–Crippen MR) is 108 cm³/mol. The van der Waals surface area contributed by atoms with E-state index in [2.05, 4.69) is 0 Å². The van der Waals surface area contributed by atoms with Gasteiger partial charge in [0.15, 0.2) is 5.75 Å². The molecular weight excluding hydrogens is 390 g/mol. The fourth-order valence-corrected chi connectivity index (χ4v) is 2.46. The van der Waals surface area contributed by atoms with E-state index in [9.17, 15) is 14.9 Å². The van der Waals surface area contributed by atoms with Crippen molar-refractivity contribution in [2.75, 3.05) is 7.11 Å². The van der Waals surface area contributed by atoms with Crippen LogP contribution in [-0.2, 0) is 14.4 Å². The van der Waals surface area contributed by atoms with Gasteiger partial charge in [0.05, 0.1) is 18.3 Å². The minimum absolute atomic E-state index is 0.0373. The molecule has 0 N–H and O–H groups in total. The lowest BCUT2D eigenvalue weighted by Crippen LogP contribution is -2.10. The Labute approximate surface area is 172 Å². The Bertz CT molecular complexity index is 1050. The first-order valence-corrected chi connectivity index (χ1v) is 8.76. The van der Waals surface area contributed by atoms with E-state index >= 15 is 0 Å². The fourth-order valence-electron chi connectivity index (χ4n) is 2.46. The molecule has 0 saturated carbocycles. The number of carbonyl (C=O) groups excluding carboxylic acids is 1. The Balaban J connectivity index is 1.65. The quantitative estimate of drug-likeness (QED) is 0.172. The second-order valence-electron chi connectivity index (χ2n) is 5.92. The molecule has 0 aliphatic rings. The SMILES string of the molecule is CO/C=C(\C(=O)OOc1cccc(Oc2ccc([N+](=O)[O-])cc2)c1)c1ccccc1. The number of nitrogens with zero attached hydrogens (tertiary/aromatic N) is 1. The molecule has 30 heavy (non-hydrogen) atoms. The topological polar surface area (TPSA) is 97.1 Å². The van der Waals surface area contributed by atoms with Crippen molar-refractivity contribution in [3.8, 4) is 17.2 Å². The van der Waals surface area contributed by atoms with Gasteiger partial charge in [-0.3, -0.25) is 15.0 Å². The second kappa shape index (κ2) is 9.74. The Morgan fingerprint density at radius 2 is 1.60 bits per heavy atom. The summed E-state index contributed by atoms with van der Waals surface area (Å²) in [6, 6.07) is 20.9. The molecule has 0 aromatic heterocycles. The number of ether oxygens (including phenoxy) is 2. The van der Waals surface area contributed by atoms with Crippen molar-refractivity contribution in [1.82, 2.24) is 0 Å². The molecule has 0 amide bonds. The number of hydrogen-bond donors (Lipinski definition) is 0. The summed E-state index contributed by atoms with van der Waals surface area (Å²) < 4.78 is 10.6. The second-order valence-corrected chi connectivity index (χ2v) is 5.92. The van der Waals surface area contributed by atoms with Crippen LogP contribution in [0.25, 0.3) is 5.57 Å². The van der Waals surface area contributed by atoms with Crippen LogP contribution >= 0.6 is 0 Å². The van der Waals surface area contributed by atoms with Crippen molar-refractivity contribution in [2.45, 2.75) is 0 Å². The largest absolute Gasteiger partial charge is 0.503 e. The Hall–Kier alpha value is -4.33. The van der Waals surface area contributed by atoms with Gasteiger partial charge >= 0.3 is 5.97 Å². The van der Waals surface area contributed by atoms with E-state index in [0.29, 0.717) is 17.1 Å². The average molecular weight is 407 g/mol. The molecule has 0 unspecified atom stereocenters. The molecule has 0 saturated heterocycles. The van der Waals surface area contributed by atoms with Crippen LogP contribution < -0.4 is 9.62 Å². The Morgan fingerprint density at radius 3 is 2.27 bits per heavy atom. The zero-order valence-electron chi connectivity index (χ0n) is 15.9. The highest BCUT2D eigenvalue weighted by atomic mass is 17.2. The van der Waals surface area contributed by atoms with E-state index < -0.39 is 10.9 Å². The standard InChI is InChI=1S/C22H17NO7/c1-27-15-21(16-6-3-2-4-7-16)22(24)30-29-20-9-5-8-19(14-20)28-18-12-10-17(11-13-18)23(25)26/h2-15H,1H3/b21-15-. The molecule has 0 aliphatic carbocycles. The predicted octanol–water partition coefficient (Wildman–Crippen LogP) is 4.91. The maximum atomic E-state index is 12.4. The molecule has 0 bridgehead atoms. The number of methoxy groups -OCH3 is 1. The van der Waals surface area contributed by atoms with Crippen LogP contribution in [0.4, 0.5) is 5.69 Å². The first kappa shape index (κ1) is 20.4. The van der Waals surface area contributed by atoms with E-state index in [4.69, 9.17) is 19.2 Å². The molecule has 8 heteroatoms. The number of rotatable bonds is 8. The van der Waals surface area contributed by atoms with Gasteiger partial charge in [-0.2, -0.15) is 0 Å². The number of nitro benzene ring substituents is 1. The van der Waals surface area contributed by atoms with E-state index in [1.54, 1.807) is 42.5 Å². The van der Waals surface area contributed by atoms with Gasteiger partial charge in [-0.25, -0.2) is 9.68 Å². The number of carbonyl (C=O) groups is 1. The molecule has 0 atom stereocenters. The highest BCUT2D eigenvalue weighted by Gasteiger charge is 2.16. The third-order valence-corrected chi connectivity index (χ3v) is 3.84. The number of hydrogen-bond acceptors (Lipinski definition) is 7. The van der Waals surface area contributed by atoms with Crippen LogP contribution in [0.2, 0.25) is 0 Å². The maximum absolute atomic E-state index is 12.4. The van der Waals surface area contributed by atoms with Gasteiger partial charge in [0.2, 0.25) is 0 Å². The summed E-state index contributed by atoms with van der Waals surface area (Å²) in [7, 11) is 1.43. The molecule has 152 valence electrons. The molecule has 0 heterocycles. The molecule has 0 radical (unpaired) electrons. The highest BCUT2D eigenvalue weighted by Crippen LogP contribution is 2.27. The van der Waals surface area contributed by atoms with Crippen molar-refractivity contribution >= 4 is 17.2 Å². The van der Waals surface area contributed by atoms with Crippen LogP contribution in [0.5, 0.6) is 17.2 Å². The van der Waals surface area contributed by atoms with Gasteiger partial charge in [0.1, 0.15) is 17.1 Å². The summed E-state index contributed by atoms with van der Waals surface area (Å²) in [4.78, 5) is 32.7. The van der Waals surface area contributed by atoms with Crippen LogP contribution in [0.15, 0.2) is 85.1 Å². The van der Waals surface area contributed by atoms with Gasteiger partial charge in [-0.05, 0) is 29.8 Å². The third kappa shape index (κ3) is 5.35. The minimum Gasteiger partial charge on any atom is -0.503 e. The maximum Gasteiger partial charge on any atom is 0.389 e. The van der Waals surface area contributed by atoms with E-state index in [1.165, 1.54) is 43.7 Å². The zero-order valence-corrected chi connectivity index (χ0v) is 15.9. The van der Waals surface area contributed by atoms with Crippen LogP contribution in [0.3, 0.4) is 0 Å². The van der Waals surface area contributed by atoms with E-state index in [1.807, 2.05) is 6.07 Å². The lowest BCUT2D eigenvalue weighted by molar-refractivity contribution is -0.384. The van der Waals surface area contributed by atoms with E-state index in [-0.39, 0.29) is 17.0 Å². The summed E-state index contributed by atoms with van der Waals surface area (Å²) in [6.45, 7) is 0. The lowest BCUT2D eigenvalue weighted by atomic mass is 10.1. The average Bonchev–Trinajstić information content (AvgIpc) is 2.77. The fraction of sp³-hybridized carbons (Fsp3) is 0.0455. The van der Waals surface area contributed by atoms with Crippen molar-refractivity contribution < 1.29 is 29.0 Å². The molecule has 0 spiro atoms. The molecular formula is C22H17NO7. The van der Waals surface area contributed by atoms with Gasteiger partial charge in [0, 0.05) is 18.2 Å². The molecule has 0 aliphatic heterocycles. The van der Waals surface area contributed by atoms with E-state index in [0.717, 1.165) is 0 Å². The normalized spacial score (nSPS) is 10.8. The van der Waals surface area contributed by atoms with Crippen molar-refractivity contribution in [3.05, 3.63) is 101 Å². The molecule has 8 nitrogen and oxygen atoms in total. The monoisotopic (exact) mass is 407 g/mol. The van der Waals surface area contributed by atoms with Gasteiger partial charge in [0.25, 0.3) is 5.69 Å². The molecule has 3 aromatic rings. The number of nitro groups is 1. The van der Waals surface area contributed by atoms with Gasteiger partial charge < -0.3 is 9.47 Å². The van der Waals surface area contributed by atoms with Crippen LogP contribution in [0.1, 0.15) is 5.56 Å². The first-order chi connectivity index (χ1) is 14.6. The summed E-state index contributed by atoms with van der Waals surface area (Å²) in [6.07, 6.45) is 1.27. The zero-order chi connectivity index (χ0) is 21.3. The van der Waals surface area contributed by atoms with Crippen molar-refractivity contribution in [3.63, 3.8) is 0 Å². The summed E-state index contributed by atoms with van der Waals surface area (Å²) in [5, 5.41) is 10.7. The van der Waals surface area contributed by atoms with Crippen LogP contribution in [-0.4, -0.2) is 18.0 Å². The summed E-state index contributed by atoms with van der Waals surface area (Å²) in [5.41, 5.74) is 0.768. The smallest absolute Gasteiger partial charge is 0.389 e.